The second kappa shape index (κ2) is 4.57. The fourth-order valence-electron chi connectivity index (χ4n) is 1.61. The summed E-state index contributed by atoms with van der Waals surface area (Å²) in [6.07, 6.45) is -1.35. The highest BCUT2D eigenvalue weighted by molar-refractivity contribution is 9.10. The summed E-state index contributed by atoms with van der Waals surface area (Å²) in [5.74, 6) is -0.498. The van der Waals surface area contributed by atoms with Gasteiger partial charge in [-0.1, -0.05) is 27.3 Å². The molecule has 2 aromatic heterocycles. The van der Waals surface area contributed by atoms with Crippen molar-refractivity contribution in [3.63, 3.8) is 0 Å². The van der Waals surface area contributed by atoms with Gasteiger partial charge in [0.05, 0.1) is 5.52 Å². The van der Waals surface area contributed by atoms with Crippen molar-refractivity contribution in [3.05, 3.63) is 33.8 Å². The van der Waals surface area contributed by atoms with Gasteiger partial charge in [0.15, 0.2) is 10.8 Å². The van der Waals surface area contributed by atoms with Gasteiger partial charge < -0.3 is 0 Å². The third-order valence-corrected chi connectivity index (χ3v) is 3.78. The summed E-state index contributed by atoms with van der Waals surface area (Å²) in [5, 5.41) is 6.89. The summed E-state index contributed by atoms with van der Waals surface area (Å²) in [5.41, 5.74) is 0.584. The summed E-state index contributed by atoms with van der Waals surface area (Å²) in [7, 11) is 0. The van der Waals surface area contributed by atoms with Crippen molar-refractivity contribution in [2.24, 2.45) is 0 Å². The predicted octanol–water partition coefficient (Wildman–Crippen LogP) is 3.72. The fraction of sp³-hybridized carbons (Fsp3) is 0.100. The number of fused-ring (bicyclic) bond motifs is 1. The summed E-state index contributed by atoms with van der Waals surface area (Å²) >= 11 is 3.91. The highest BCUT2D eigenvalue weighted by Gasteiger charge is 2.17. The molecular formula is C10H4BrF3N4S. The van der Waals surface area contributed by atoms with Crippen LogP contribution in [0.3, 0.4) is 0 Å². The summed E-state index contributed by atoms with van der Waals surface area (Å²) < 4.78 is 40.6. The van der Waals surface area contributed by atoms with E-state index in [1.54, 1.807) is 6.07 Å². The van der Waals surface area contributed by atoms with Gasteiger partial charge in [0, 0.05) is 4.47 Å². The highest BCUT2D eigenvalue weighted by atomic mass is 79.9. The lowest BCUT2D eigenvalue weighted by atomic mass is 10.3. The van der Waals surface area contributed by atoms with Crippen molar-refractivity contribution >= 4 is 38.3 Å². The van der Waals surface area contributed by atoms with Gasteiger partial charge in [-0.15, -0.1) is 10.2 Å². The molecule has 0 aliphatic carbocycles. The van der Waals surface area contributed by atoms with E-state index >= 15 is 0 Å². The molecule has 9 heteroatoms. The lowest BCUT2D eigenvalue weighted by Gasteiger charge is -1.99. The number of halogens is 4. The Morgan fingerprint density at radius 3 is 2.74 bits per heavy atom. The van der Waals surface area contributed by atoms with Crippen molar-refractivity contribution in [2.45, 2.75) is 6.43 Å². The van der Waals surface area contributed by atoms with Gasteiger partial charge in [0.25, 0.3) is 6.43 Å². The Bertz CT molecular complexity index is 754. The van der Waals surface area contributed by atoms with Gasteiger partial charge in [0.1, 0.15) is 11.8 Å². The molecule has 0 atom stereocenters. The zero-order valence-electron chi connectivity index (χ0n) is 9.02. The Morgan fingerprint density at radius 1 is 1.26 bits per heavy atom. The van der Waals surface area contributed by atoms with E-state index in [1.807, 2.05) is 0 Å². The van der Waals surface area contributed by atoms with Crippen LogP contribution in [0.1, 0.15) is 11.4 Å². The van der Waals surface area contributed by atoms with E-state index in [0.717, 1.165) is 11.3 Å². The van der Waals surface area contributed by atoms with Crippen molar-refractivity contribution in [3.8, 4) is 5.13 Å². The van der Waals surface area contributed by atoms with E-state index in [4.69, 9.17) is 0 Å². The molecule has 0 radical (unpaired) electrons. The maximum atomic E-state index is 13.7. The Balaban J connectivity index is 2.19. The molecule has 0 spiro atoms. The normalized spacial score (nSPS) is 11.6. The maximum Gasteiger partial charge on any atom is 0.291 e. The summed E-state index contributed by atoms with van der Waals surface area (Å²) in [6.45, 7) is 0. The highest BCUT2D eigenvalue weighted by Crippen LogP contribution is 2.28. The topological polar surface area (TPSA) is 43.6 Å². The van der Waals surface area contributed by atoms with E-state index in [2.05, 4.69) is 31.1 Å². The molecule has 0 unspecified atom stereocenters. The lowest BCUT2D eigenvalue weighted by Crippen LogP contribution is -1.91. The van der Waals surface area contributed by atoms with Gasteiger partial charge in [-0.25, -0.2) is 18.2 Å². The molecule has 19 heavy (non-hydrogen) atoms. The molecule has 4 nitrogen and oxygen atoms in total. The van der Waals surface area contributed by atoms with Crippen molar-refractivity contribution in [2.75, 3.05) is 0 Å². The second-order valence-electron chi connectivity index (χ2n) is 3.59. The number of alkyl halides is 2. The van der Waals surface area contributed by atoms with Gasteiger partial charge in [-0.05, 0) is 12.1 Å². The first kappa shape index (κ1) is 12.5. The van der Waals surface area contributed by atoms with Gasteiger partial charge in [-0.2, -0.15) is 0 Å². The minimum absolute atomic E-state index is 0.150. The quantitative estimate of drug-likeness (QED) is 0.708. The number of nitrogens with zero attached hydrogens (tertiary/aromatic N) is 4. The van der Waals surface area contributed by atoms with E-state index < -0.39 is 12.2 Å². The minimum Gasteiger partial charge on any atom is -0.273 e. The van der Waals surface area contributed by atoms with Crippen molar-refractivity contribution < 1.29 is 13.2 Å². The first-order valence-electron chi connectivity index (χ1n) is 5.00. The molecule has 3 aromatic rings. The Kier molecular flexibility index (Phi) is 3.02. The third kappa shape index (κ3) is 2.12. The number of hydrogen-bond acceptors (Lipinski definition) is 4. The smallest absolute Gasteiger partial charge is 0.273 e. The largest absolute Gasteiger partial charge is 0.291 e. The average molecular weight is 349 g/mol. The van der Waals surface area contributed by atoms with Crippen LogP contribution in [0.2, 0.25) is 0 Å². The number of benzene rings is 1. The van der Waals surface area contributed by atoms with Crippen LogP contribution < -0.4 is 0 Å². The summed E-state index contributed by atoms with van der Waals surface area (Å²) in [6, 6.07) is 2.92. The lowest BCUT2D eigenvalue weighted by molar-refractivity contribution is 0.150. The molecule has 1 aromatic carbocycles. The molecule has 2 heterocycles. The average Bonchev–Trinajstić information content (AvgIpc) is 2.93. The SMILES string of the molecule is Fc1cc(Br)cc2c1ncn2-c1nnc(C(F)F)s1. The number of aromatic nitrogens is 4. The molecule has 0 aliphatic rings. The first-order chi connectivity index (χ1) is 9.06. The monoisotopic (exact) mass is 348 g/mol. The molecule has 3 rings (SSSR count). The van der Waals surface area contributed by atoms with Crippen LogP contribution in [0, 0.1) is 5.82 Å². The second-order valence-corrected chi connectivity index (χ2v) is 5.50. The van der Waals surface area contributed by atoms with Crippen LogP contribution in [-0.2, 0) is 0 Å². The molecule has 0 amide bonds. The molecule has 0 aliphatic heterocycles. The van der Waals surface area contributed by atoms with Crippen molar-refractivity contribution in [1.29, 1.82) is 0 Å². The van der Waals surface area contributed by atoms with Gasteiger partial charge in [0.2, 0.25) is 5.13 Å². The Labute approximate surface area is 117 Å². The number of rotatable bonds is 2. The molecule has 98 valence electrons. The molecule has 0 saturated carbocycles. The van der Waals surface area contributed by atoms with Gasteiger partial charge in [-0.3, -0.25) is 4.57 Å². The van der Waals surface area contributed by atoms with E-state index in [1.165, 1.54) is 17.0 Å². The standard InChI is InChI=1S/C10H4BrF3N4S/c11-4-1-5(12)7-6(2-4)18(3-15-7)10-17-16-9(19-10)8(13)14/h1-3,8H. The van der Waals surface area contributed by atoms with E-state index in [-0.39, 0.29) is 15.7 Å². The van der Waals surface area contributed by atoms with Crippen LogP contribution in [0.15, 0.2) is 22.9 Å². The molecule has 0 fully saturated rings. The zero-order valence-corrected chi connectivity index (χ0v) is 11.4. The third-order valence-electron chi connectivity index (χ3n) is 2.39. The van der Waals surface area contributed by atoms with Crippen LogP contribution in [0.25, 0.3) is 16.2 Å². The Hall–Kier alpha value is -1.48. The first-order valence-corrected chi connectivity index (χ1v) is 6.61. The van der Waals surface area contributed by atoms with Crippen molar-refractivity contribution in [1.82, 2.24) is 19.7 Å². The van der Waals surface area contributed by atoms with Gasteiger partial charge >= 0.3 is 0 Å². The Morgan fingerprint density at radius 2 is 2.05 bits per heavy atom. The van der Waals surface area contributed by atoms with Crippen LogP contribution in [-0.4, -0.2) is 19.7 Å². The zero-order chi connectivity index (χ0) is 13.6. The summed E-state index contributed by atoms with van der Waals surface area (Å²) in [4.78, 5) is 3.91. The van der Waals surface area contributed by atoms with E-state index in [0.29, 0.717) is 9.99 Å². The number of hydrogen-bond donors (Lipinski definition) is 0. The molecule has 0 saturated heterocycles. The van der Waals surface area contributed by atoms with E-state index in [9.17, 15) is 13.2 Å². The fourth-order valence-corrected chi connectivity index (χ4v) is 2.71. The molecule has 0 N–H and O–H groups in total. The van der Waals surface area contributed by atoms with Crippen LogP contribution in [0.5, 0.6) is 0 Å². The molecular weight excluding hydrogens is 345 g/mol. The predicted molar refractivity (Wildman–Crippen MR) is 67.2 cm³/mol. The maximum absolute atomic E-state index is 13.7. The molecule has 0 bridgehead atoms. The van der Waals surface area contributed by atoms with Crippen LogP contribution in [0.4, 0.5) is 13.2 Å². The minimum atomic E-state index is -2.68. The van der Waals surface area contributed by atoms with Crippen LogP contribution >= 0.6 is 27.3 Å². The number of imidazole rings is 1.